The Labute approximate surface area is 250 Å². The number of benzene rings is 8. The number of aryl methyl sites for hydroxylation is 2. The summed E-state index contributed by atoms with van der Waals surface area (Å²) in [5.74, 6) is 0. The monoisotopic (exact) mass is 547 g/mol. The molecule has 0 amide bonds. The summed E-state index contributed by atoms with van der Waals surface area (Å²) in [7, 11) is 0. The highest BCUT2D eigenvalue weighted by Gasteiger charge is 2.20. The number of hydrogen-bond acceptors (Lipinski definition) is 0. The molecule has 1 aromatic heterocycles. The van der Waals surface area contributed by atoms with Crippen molar-refractivity contribution < 1.29 is 0 Å². The van der Waals surface area contributed by atoms with Gasteiger partial charge in [-0.05, 0) is 75.8 Å². The van der Waals surface area contributed by atoms with Crippen molar-refractivity contribution in [3.63, 3.8) is 0 Å². The van der Waals surface area contributed by atoms with E-state index < -0.39 is 0 Å². The first-order chi connectivity index (χ1) is 21.2. The fourth-order valence-corrected chi connectivity index (χ4v) is 7.20. The van der Waals surface area contributed by atoms with Crippen molar-refractivity contribution in [3.05, 3.63) is 151 Å². The molecule has 0 aliphatic heterocycles. The molecule has 43 heavy (non-hydrogen) atoms. The molecule has 0 aliphatic carbocycles. The van der Waals surface area contributed by atoms with Crippen molar-refractivity contribution in [3.8, 4) is 27.9 Å². The van der Waals surface area contributed by atoms with E-state index in [0.717, 1.165) is 0 Å². The molecule has 1 heterocycles. The van der Waals surface area contributed by atoms with Gasteiger partial charge in [0.05, 0.1) is 16.7 Å². The fourth-order valence-electron chi connectivity index (χ4n) is 7.20. The van der Waals surface area contributed by atoms with E-state index in [1.807, 2.05) is 0 Å². The van der Waals surface area contributed by atoms with E-state index in [0.29, 0.717) is 0 Å². The molecule has 202 valence electrons. The first-order valence-electron chi connectivity index (χ1n) is 15.0. The van der Waals surface area contributed by atoms with Gasteiger partial charge in [0.1, 0.15) is 0 Å². The minimum Gasteiger partial charge on any atom is -0.309 e. The van der Waals surface area contributed by atoms with Crippen LogP contribution in [0.3, 0.4) is 0 Å². The molecule has 0 radical (unpaired) electrons. The van der Waals surface area contributed by atoms with Crippen molar-refractivity contribution in [2.24, 2.45) is 0 Å². The lowest BCUT2D eigenvalue weighted by molar-refractivity contribution is 1.20. The van der Waals surface area contributed by atoms with E-state index in [2.05, 4.69) is 158 Å². The van der Waals surface area contributed by atoms with E-state index in [-0.39, 0.29) is 0 Å². The molecule has 1 nitrogen and oxygen atoms in total. The van der Waals surface area contributed by atoms with Crippen LogP contribution in [-0.4, -0.2) is 4.57 Å². The fraction of sp³-hybridized carbons (Fsp3) is 0.0476. The summed E-state index contributed by atoms with van der Waals surface area (Å²) in [5, 5.41) is 10.4. The Bertz CT molecular complexity index is 2440. The van der Waals surface area contributed by atoms with Crippen LogP contribution >= 0.6 is 0 Å². The maximum atomic E-state index is 2.48. The van der Waals surface area contributed by atoms with Gasteiger partial charge in [-0.25, -0.2) is 0 Å². The van der Waals surface area contributed by atoms with Gasteiger partial charge in [0.25, 0.3) is 0 Å². The molecule has 0 unspecified atom stereocenters. The highest BCUT2D eigenvalue weighted by molar-refractivity contribution is 6.29. The van der Waals surface area contributed by atoms with Crippen LogP contribution in [-0.2, 0) is 0 Å². The maximum absolute atomic E-state index is 2.48. The second kappa shape index (κ2) is 9.05. The molecular formula is C42H29N. The Morgan fingerprint density at radius 2 is 0.907 bits per heavy atom. The molecule has 0 N–H and O–H groups in total. The average Bonchev–Trinajstić information content (AvgIpc) is 3.38. The Kier molecular flexibility index (Phi) is 5.10. The van der Waals surface area contributed by atoms with Gasteiger partial charge in [-0.1, -0.05) is 132 Å². The largest absolute Gasteiger partial charge is 0.309 e. The zero-order valence-corrected chi connectivity index (χ0v) is 24.2. The predicted molar refractivity (Wildman–Crippen MR) is 185 cm³/mol. The summed E-state index contributed by atoms with van der Waals surface area (Å²) >= 11 is 0. The van der Waals surface area contributed by atoms with Crippen LogP contribution in [0, 0.1) is 13.8 Å². The maximum Gasteiger partial charge on any atom is 0.0547 e. The summed E-state index contributed by atoms with van der Waals surface area (Å²) in [6.07, 6.45) is 0. The van der Waals surface area contributed by atoms with E-state index >= 15 is 0 Å². The topological polar surface area (TPSA) is 4.93 Å². The van der Waals surface area contributed by atoms with E-state index in [4.69, 9.17) is 0 Å². The van der Waals surface area contributed by atoms with Gasteiger partial charge < -0.3 is 4.57 Å². The summed E-state index contributed by atoms with van der Waals surface area (Å²) < 4.78 is 2.48. The van der Waals surface area contributed by atoms with Gasteiger partial charge >= 0.3 is 0 Å². The number of hydrogen-bond donors (Lipinski definition) is 0. The zero-order chi connectivity index (χ0) is 28.7. The van der Waals surface area contributed by atoms with Crippen molar-refractivity contribution in [1.29, 1.82) is 0 Å². The second-order valence-electron chi connectivity index (χ2n) is 11.9. The number of nitrogens with zero attached hydrogens (tertiary/aromatic N) is 1. The Morgan fingerprint density at radius 1 is 0.395 bits per heavy atom. The van der Waals surface area contributed by atoms with Crippen LogP contribution in [0.2, 0.25) is 0 Å². The normalized spacial score (nSPS) is 12.0. The highest BCUT2D eigenvalue weighted by atomic mass is 15.0. The van der Waals surface area contributed by atoms with E-state index in [1.54, 1.807) is 0 Å². The van der Waals surface area contributed by atoms with Crippen LogP contribution in [0.15, 0.2) is 140 Å². The van der Waals surface area contributed by atoms with Gasteiger partial charge in [-0.15, -0.1) is 0 Å². The van der Waals surface area contributed by atoms with Gasteiger partial charge in [0, 0.05) is 21.5 Å². The summed E-state index contributed by atoms with van der Waals surface area (Å²) in [5.41, 5.74) is 11.3. The van der Waals surface area contributed by atoms with E-state index in [1.165, 1.54) is 93.2 Å². The standard InChI is InChI=1S/C42H29N/c1-26-11-15-28(16-12-26)31-21-19-30-20-22-36-40(43-38-9-5-3-7-32(38)33-8-4-6-10-39(33)43)25-37(29-17-13-27(2)14-18-29)35-24-23-34(31)41(30)42(35)36/h3-25H,1-2H3. The molecule has 9 aromatic rings. The third-order valence-electron chi connectivity index (χ3n) is 9.31. The van der Waals surface area contributed by atoms with Crippen molar-refractivity contribution in [2.45, 2.75) is 13.8 Å². The Balaban J connectivity index is 1.48. The van der Waals surface area contributed by atoms with Crippen molar-refractivity contribution in [1.82, 2.24) is 4.57 Å². The molecule has 9 rings (SSSR count). The number of para-hydroxylation sites is 2. The Hall–Kier alpha value is -5.40. The molecule has 0 bridgehead atoms. The first kappa shape index (κ1) is 24.2. The molecule has 0 spiro atoms. The quantitative estimate of drug-likeness (QED) is 0.194. The molecule has 1 heteroatoms. The van der Waals surface area contributed by atoms with Crippen LogP contribution in [0.5, 0.6) is 0 Å². The molecule has 0 aliphatic rings. The number of fused-ring (bicyclic) bond motifs is 3. The first-order valence-corrected chi connectivity index (χ1v) is 15.0. The molecule has 0 atom stereocenters. The highest BCUT2D eigenvalue weighted by Crippen LogP contribution is 2.46. The molecule has 8 aromatic carbocycles. The predicted octanol–water partition coefficient (Wildman–Crippen LogP) is 11.6. The third-order valence-corrected chi connectivity index (χ3v) is 9.31. The SMILES string of the molecule is Cc1ccc(-c2ccc3ccc4c(-n5c6ccccc6c6ccccc65)cc(-c5ccc(C)cc5)c5ccc2c3c54)cc1. The summed E-state index contributed by atoms with van der Waals surface area (Å²) in [4.78, 5) is 0. The molecular weight excluding hydrogens is 518 g/mol. The molecule has 0 saturated carbocycles. The van der Waals surface area contributed by atoms with E-state index in [9.17, 15) is 0 Å². The van der Waals surface area contributed by atoms with Gasteiger partial charge in [-0.3, -0.25) is 0 Å². The number of rotatable bonds is 3. The average molecular weight is 548 g/mol. The lowest BCUT2D eigenvalue weighted by atomic mass is 9.86. The van der Waals surface area contributed by atoms with Crippen LogP contribution < -0.4 is 0 Å². The van der Waals surface area contributed by atoms with Crippen molar-refractivity contribution >= 4 is 54.1 Å². The lowest BCUT2D eigenvalue weighted by Crippen LogP contribution is -1.98. The Morgan fingerprint density at radius 3 is 1.53 bits per heavy atom. The summed E-state index contributed by atoms with van der Waals surface area (Å²) in [6.45, 7) is 4.31. The van der Waals surface area contributed by atoms with Crippen LogP contribution in [0.4, 0.5) is 0 Å². The second-order valence-corrected chi connectivity index (χ2v) is 11.9. The molecule has 0 saturated heterocycles. The van der Waals surface area contributed by atoms with Gasteiger partial charge in [0.15, 0.2) is 0 Å². The van der Waals surface area contributed by atoms with Crippen LogP contribution in [0.1, 0.15) is 11.1 Å². The zero-order valence-electron chi connectivity index (χ0n) is 24.2. The van der Waals surface area contributed by atoms with Gasteiger partial charge in [0.2, 0.25) is 0 Å². The minimum atomic E-state index is 1.22. The number of aromatic nitrogens is 1. The lowest BCUT2D eigenvalue weighted by Gasteiger charge is -2.20. The van der Waals surface area contributed by atoms with Gasteiger partial charge in [-0.2, -0.15) is 0 Å². The smallest absolute Gasteiger partial charge is 0.0547 e. The summed E-state index contributed by atoms with van der Waals surface area (Å²) in [6, 6.07) is 51.9. The third kappa shape index (κ3) is 3.52. The molecule has 0 fully saturated rings. The minimum absolute atomic E-state index is 1.22. The van der Waals surface area contributed by atoms with Crippen molar-refractivity contribution in [2.75, 3.05) is 0 Å². The van der Waals surface area contributed by atoms with Crippen LogP contribution in [0.25, 0.3) is 82.1 Å².